The average Bonchev–Trinajstić information content (AvgIpc) is 2.83. The Hall–Kier alpha value is -2.05. The van der Waals surface area contributed by atoms with Crippen LogP contribution in [0.25, 0.3) is 0 Å². The molecule has 138 valence electrons. The molecule has 3 atom stereocenters. The van der Waals surface area contributed by atoms with Crippen molar-refractivity contribution in [3.63, 3.8) is 0 Å². The van der Waals surface area contributed by atoms with Gasteiger partial charge < -0.3 is 14.9 Å². The zero-order valence-electron chi connectivity index (χ0n) is 14.8. The lowest BCUT2D eigenvalue weighted by Gasteiger charge is -2.32. The number of nitrogens with zero attached hydrogens (tertiary/aromatic N) is 1. The van der Waals surface area contributed by atoms with Gasteiger partial charge in [-0.3, -0.25) is 14.6 Å². The molecule has 2 aliphatic carbocycles. The number of Topliss-reactive ketones (excluding diaryl/α,β-unsaturated/α-hetero) is 1. The highest BCUT2D eigenvalue weighted by Crippen LogP contribution is 2.53. The predicted octanol–water partition coefficient (Wildman–Crippen LogP) is 2.12. The maximum Gasteiger partial charge on any atom is 0.318 e. The van der Waals surface area contributed by atoms with E-state index in [1.54, 1.807) is 25.1 Å². The number of esters is 1. The molecule has 6 nitrogen and oxygen atoms in total. The number of aliphatic hydroxyl groups is 2. The molecule has 4 rings (SSSR count). The van der Waals surface area contributed by atoms with E-state index in [-0.39, 0.29) is 22.9 Å². The molecule has 1 aromatic carbocycles. The summed E-state index contributed by atoms with van der Waals surface area (Å²) in [5, 5.41) is 22.3. The van der Waals surface area contributed by atoms with Crippen LogP contribution in [0.4, 0.5) is 0 Å². The monoisotopic (exact) mass is 357 g/mol. The van der Waals surface area contributed by atoms with Crippen LogP contribution in [0.2, 0.25) is 0 Å². The van der Waals surface area contributed by atoms with Gasteiger partial charge in [-0.25, -0.2) is 0 Å². The fourth-order valence-corrected chi connectivity index (χ4v) is 4.59. The summed E-state index contributed by atoms with van der Waals surface area (Å²) >= 11 is 0. The number of carbonyl (C=O) groups is 2. The zero-order chi connectivity index (χ0) is 18.5. The molecular weight excluding hydrogens is 334 g/mol. The molecule has 0 radical (unpaired) electrons. The van der Waals surface area contributed by atoms with Gasteiger partial charge in [0, 0.05) is 16.8 Å². The van der Waals surface area contributed by atoms with E-state index in [0.717, 1.165) is 38.5 Å². The van der Waals surface area contributed by atoms with E-state index >= 15 is 0 Å². The standard InChI is InChI=1S/C20H23NO5/c1-12-16(18(23)26-13-8-4-2-3-5-9-13)19(24)17(22)14-10-6-7-11-15(14)20(19,25)21-12/h6-7,10-11,13,16,24-25H,2-5,8-9H2,1H3/t16?,19-,20-/m1/s1. The molecule has 1 aromatic rings. The van der Waals surface area contributed by atoms with Crippen molar-refractivity contribution in [1.29, 1.82) is 0 Å². The zero-order valence-corrected chi connectivity index (χ0v) is 14.8. The van der Waals surface area contributed by atoms with E-state index in [1.807, 2.05) is 0 Å². The van der Waals surface area contributed by atoms with Gasteiger partial charge in [-0.2, -0.15) is 0 Å². The normalized spacial score (nSPS) is 34.0. The van der Waals surface area contributed by atoms with Crippen LogP contribution >= 0.6 is 0 Å². The number of carbonyl (C=O) groups excluding carboxylic acids is 2. The van der Waals surface area contributed by atoms with E-state index in [2.05, 4.69) is 4.99 Å². The van der Waals surface area contributed by atoms with Crippen LogP contribution in [0.3, 0.4) is 0 Å². The smallest absolute Gasteiger partial charge is 0.318 e. The van der Waals surface area contributed by atoms with E-state index in [0.29, 0.717) is 0 Å². The van der Waals surface area contributed by atoms with Crippen LogP contribution in [-0.4, -0.2) is 39.4 Å². The third-order valence-electron chi connectivity index (χ3n) is 5.92. The third-order valence-corrected chi connectivity index (χ3v) is 5.92. The molecule has 2 N–H and O–H groups in total. The fraction of sp³-hybridized carbons (Fsp3) is 0.550. The molecule has 26 heavy (non-hydrogen) atoms. The van der Waals surface area contributed by atoms with Crippen LogP contribution in [0.5, 0.6) is 0 Å². The lowest BCUT2D eigenvalue weighted by Crippen LogP contribution is -2.56. The average molecular weight is 357 g/mol. The summed E-state index contributed by atoms with van der Waals surface area (Å²) in [6.07, 6.45) is 5.58. The van der Waals surface area contributed by atoms with Crippen molar-refractivity contribution >= 4 is 17.5 Å². The van der Waals surface area contributed by atoms with E-state index in [9.17, 15) is 19.8 Å². The van der Waals surface area contributed by atoms with Gasteiger partial charge >= 0.3 is 5.97 Å². The Morgan fingerprint density at radius 1 is 1.15 bits per heavy atom. The molecule has 1 heterocycles. The molecule has 0 amide bonds. The highest BCUT2D eigenvalue weighted by atomic mass is 16.5. The van der Waals surface area contributed by atoms with Crippen molar-refractivity contribution in [3.05, 3.63) is 35.4 Å². The molecule has 0 aromatic heterocycles. The van der Waals surface area contributed by atoms with Crippen molar-refractivity contribution in [2.75, 3.05) is 0 Å². The Morgan fingerprint density at radius 2 is 1.81 bits per heavy atom. The second-order valence-corrected chi connectivity index (χ2v) is 7.55. The summed E-state index contributed by atoms with van der Waals surface area (Å²) in [5.41, 5.74) is -3.84. The van der Waals surface area contributed by atoms with Crippen LogP contribution in [-0.2, 0) is 15.3 Å². The van der Waals surface area contributed by atoms with Crippen molar-refractivity contribution < 1.29 is 24.5 Å². The highest BCUT2D eigenvalue weighted by molar-refractivity contribution is 6.18. The van der Waals surface area contributed by atoms with Crippen LogP contribution in [0.1, 0.15) is 61.4 Å². The van der Waals surface area contributed by atoms with Gasteiger partial charge in [0.15, 0.2) is 5.60 Å². The minimum atomic E-state index is -2.34. The molecule has 1 fully saturated rings. The highest BCUT2D eigenvalue weighted by Gasteiger charge is 2.72. The van der Waals surface area contributed by atoms with Crippen molar-refractivity contribution in [2.24, 2.45) is 10.9 Å². The van der Waals surface area contributed by atoms with Gasteiger partial charge in [-0.15, -0.1) is 0 Å². The van der Waals surface area contributed by atoms with Crippen molar-refractivity contribution in [3.8, 4) is 0 Å². The number of rotatable bonds is 2. The molecule has 3 aliphatic rings. The summed E-state index contributed by atoms with van der Waals surface area (Å²) in [6.45, 7) is 1.54. The van der Waals surface area contributed by atoms with Gasteiger partial charge in [-0.1, -0.05) is 37.1 Å². The molecule has 6 heteroatoms. The first-order valence-corrected chi connectivity index (χ1v) is 9.25. The van der Waals surface area contributed by atoms with Gasteiger partial charge in [0.25, 0.3) is 0 Å². The minimum Gasteiger partial charge on any atom is -0.462 e. The molecular formula is C20H23NO5. The summed E-state index contributed by atoms with van der Waals surface area (Å²) in [5.74, 6) is -2.66. The minimum absolute atomic E-state index is 0.195. The largest absolute Gasteiger partial charge is 0.462 e. The topological polar surface area (TPSA) is 96.2 Å². The quantitative estimate of drug-likeness (QED) is 0.624. The van der Waals surface area contributed by atoms with E-state index < -0.39 is 29.0 Å². The van der Waals surface area contributed by atoms with E-state index in [1.165, 1.54) is 6.07 Å². The Kier molecular flexibility index (Phi) is 4.00. The fourth-order valence-electron chi connectivity index (χ4n) is 4.59. The van der Waals surface area contributed by atoms with E-state index in [4.69, 9.17) is 4.74 Å². The number of hydrogen-bond donors (Lipinski definition) is 2. The molecule has 0 saturated heterocycles. The van der Waals surface area contributed by atoms with Crippen LogP contribution < -0.4 is 0 Å². The second kappa shape index (κ2) is 5.99. The lowest BCUT2D eigenvalue weighted by atomic mass is 9.79. The predicted molar refractivity (Wildman–Crippen MR) is 93.8 cm³/mol. The number of aliphatic imine (C=N–C) groups is 1. The maximum atomic E-state index is 12.9. The molecule has 1 aliphatic heterocycles. The Labute approximate surface area is 151 Å². The van der Waals surface area contributed by atoms with Crippen LogP contribution in [0, 0.1) is 5.92 Å². The van der Waals surface area contributed by atoms with Gasteiger partial charge in [0.05, 0.1) is 0 Å². The first-order chi connectivity index (χ1) is 12.4. The second-order valence-electron chi connectivity index (χ2n) is 7.55. The maximum absolute atomic E-state index is 12.9. The molecule has 0 bridgehead atoms. The third kappa shape index (κ3) is 2.21. The number of ether oxygens (including phenoxy) is 1. The summed E-state index contributed by atoms with van der Waals surface area (Å²) in [6, 6.07) is 6.41. The lowest BCUT2D eigenvalue weighted by molar-refractivity contribution is -0.169. The van der Waals surface area contributed by atoms with Crippen LogP contribution in [0.15, 0.2) is 29.3 Å². The Balaban J connectivity index is 1.67. The summed E-state index contributed by atoms with van der Waals surface area (Å²) in [4.78, 5) is 30.0. The first kappa shape index (κ1) is 17.4. The van der Waals surface area contributed by atoms with Gasteiger partial charge in [0.2, 0.25) is 11.5 Å². The Morgan fingerprint density at radius 3 is 2.50 bits per heavy atom. The van der Waals surface area contributed by atoms with Gasteiger partial charge in [0.1, 0.15) is 12.0 Å². The first-order valence-electron chi connectivity index (χ1n) is 9.25. The number of hydrogen-bond acceptors (Lipinski definition) is 6. The summed E-state index contributed by atoms with van der Waals surface area (Å²) < 4.78 is 5.65. The molecule has 1 unspecified atom stereocenters. The Bertz CT molecular complexity index is 795. The number of fused-ring (bicyclic) bond motifs is 3. The van der Waals surface area contributed by atoms with Crippen molar-refractivity contribution in [1.82, 2.24) is 0 Å². The summed E-state index contributed by atoms with van der Waals surface area (Å²) in [7, 11) is 0. The number of ketones is 1. The molecule has 0 spiro atoms. The van der Waals surface area contributed by atoms with Crippen molar-refractivity contribution in [2.45, 2.75) is 62.9 Å². The SMILES string of the molecule is CC1=N[C@@]2(O)c3ccccc3C(=O)[C@]2(O)C1C(=O)OC1CCCCCC1. The number of benzene rings is 1. The van der Waals surface area contributed by atoms with Gasteiger partial charge in [-0.05, 0) is 32.6 Å². The molecule has 1 saturated carbocycles.